The van der Waals surface area contributed by atoms with E-state index in [1.165, 1.54) is 4.90 Å². The van der Waals surface area contributed by atoms with Crippen LogP contribution in [-0.2, 0) is 4.79 Å². The molecule has 0 unspecified atom stereocenters. The Balaban J connectivity index is 2.48. The number of hydrogen-bond acceptors (Lipinski definition) is 3. The Bertz CT molecular complexity index is 539. The third-order valence-corrected chi connectivity index (χ3v) is 2.74. The van der Waals surface area contributed by atoms with Gasteiger partial charge in [0.2, 0.25) is 5.91 Å². The number of carbonyl (C=O) groups excluding carboxylic acids is 2. The molecule has 0 aliphatic rings. The summed E-state index contributed by atoms with van der Waals surface area (Å²) in [4.78, 5) is 24.7. The minimum Gasteiger partial charge on any atom is -0.395 e. The zero-order valence-corrected chi connectivity index (χ0v) is 12.3. The number of aliphatic hydroxyl groups is 1. The van der Waals surface area contributed by atoms with Gasteiger partial charge < -0.3 is 15.3 Å². The van der Waals surface area contributed by atoms with Crippen LogP contribution in [-0.4, -0.2) is 49.1 Å². The third kappa shape index (κ3) is 6.11. The Morgan fingerprint density at radius 2 is 1.90 bits per heavy atom. The molecule has 0 aliphatic heterocycles. The average Bonchev–Trinajstić information content (AvgIpc) is 2.47. The minimum atomic E-state index is -0.212. The highest BCUT2D eigenvalue weighted by Crippen LogP contribution is 2.03. The van der Waals surface area contributed by atoms with Crippen molar-refractivity contribution in [3.8, 4) is 11.8 Å². The molecule has 0 radical (unpaired) electrons. The summed E-state index contributed by atoms with van der Waals surface area (Å²) < 4.78 is 0. The zero-order chi connectivity index (χ0) is 15.7. The van der Waals surface area contributed by atoms with Crippen molar-refractivity contribution in [1.82, 2.24) is 10.2 Å². The second kappa shape index (κ2) is 8.77. The molecule has 112 valence electrons. The normalized spacial score (nSPS) is 9.48. The molecule has 1 rings (SSSR count). The predicted molar refractivity (Wildman–Crippen MR) is 80.7 cm³/mol. The minimum absolute atomic E-state index is 0.0233. The molecule has 21 heavy (non-hydrogen) atoms. The van der Waals surface area contributed by atoms with Crippen LogP contribution in [0.3, 0.4) is 0 Å². The first-order chi connectivity index (χ1) is 10.0. The van der Waals surface area contributed by atoms with E-state index in [2.05, 4.69) is 17.2 Å². The number of rotatable bonds is 5. The van der Waals surface area contributed by atoms with Gasteiger partial charge in [0.05, 0.1) is 6.61 Å². The predicted octanol–water partition coefficient (Wildman–Crippen LogP) is 0.629. The lowest BCUT2D eigenvalue weighted by molar-refractivity contribution is -0.128. The fourth-order valence-electron chi connectivity index (χ4n) is 1.53. The van der Waals surface area contributed by atoms with Crippen molar-refractivity contribution in [2.75, 3.05) is 27.2 Å². The highest BCUT2D eigenvalue weighted by molar-refractivity contribution is 5.94. The van der Waals surface area contributed by atoms with Crippen LogP contribution >= 0.6 is 0 Å². The van der Waals surface area contributed by atoms with E-state index in [0.29, 0.717) is 18.5 Å². The van der Waals surface area contributed by atoms with Gasteiger partial charge in [0.1, 0.15) is 0 Å². The molecule has 1 aromatic carbocycles. The van der Waals surface area contributed by atoms with Crippen LogP contribution in [0, 0.1) is 11.8 Å². The van der Waals surface area contributed by atoms with Gasteiger partial charge in [-0.1, -0.05) is 11.8 Å². The summed E-state index contributed by atoms with van der Waals surface area (Å²) in [5.74, 6) is 5.47. The third-order valence-electron chi connectivity index (χ3n) is 2.74. The molecular weight excluding hydrogens is 268 g/mol. The van der Waals surface area contributed by atoms with Crippen molar-refractivity contribution in [3.63, 3.8) is 0 Å². The molecule has 5 heteroatoms. The largest absolute Gasteiger partial charge is 0.395 e. The van der Waals surface area contributed by atoms with Crippen molar-refractivity contribution in [1.29, 1.82) is 0 Å². The lowest BCUT2D eigenvalue weighted by atomic mass is 10.1. The molecular formula is C16H20N2O3. The number of hydrogen-bond donors (Lipinski definition) is 2. The van der Waals surface area contributed by atoms with E-state index in [-0.39, 0.29) is 24.8 Å². The van der Waals surface area contributed by atoms with Crippen molar-refractivity contribution in [3.05, 3.63) is 35.4 Å². The van der Waals surface area contributed by atoms with Gasteiger partial charge >= 0.3 is 0 Å². The van der Waals surface area contributed by atoms with Gasteiger partial charge in [0, 0.05) is 44.6 Å². The van der Waals surface area contributed by atoms with Gasteiger partial charge in [0.15, 0.2) is 0 Å². The van der Waals surface area contributed by atoms with Gasteiger partial charge in [0.25, 0.3) is 5.91 Å². The number of nitrogens with zero attached hydrogens (tertiary/aromatic N) is 1. The quantitative estimate of drug-likeness (QED) is 0.781. The first-order valence-corrected chi connectivity index (χ1v) is 6.72. The summed E-state index contributed by atoms with van der Waals surface area (Å²) in [5.41, 5.74) is 1.32. The maximum absolute atomic E-state index is 11.9. The Hall–Kier alpha value is -2.32. The highest BCUT2D eigenvalue weighted by atomic mass is 16.2. The summed E-state index contributed by atoms with van der Waals surface area (Å²) in [5, 5.41) is 11.3. The summed E-state index contributed by atoms with van der Waals surface area (Å²) in [7, 11) is 3.36. The fraction of sp³-hybridized carbons (Fsp3) is 0.375. The SMILES string of the molecule is CN(C)C(=O)CCNC(=O)c1ccc(C#CCCO)cc1. The Morgan fingerprint density at radius 3 is 2.48 bits per heavy atom. The Morgan fingerprint density at radius 1 is 1.24 bits per heavy atom. The molecule has 0 spiro atoms. The van der Waals surface area contributed by atoms with E-state index in [0.717, 1.165) is 5.56 Å². The van der Waals surface area contributed by atoms with E-state index in [9.17, 15) is 9.59 Å². The van der Waals surface area contributed by atoms with Crippen LogP contribution in [0.15, 0.2) is 24.3 Å². The number of nitrogens with one attached hydrogen (secondary N) is 1. The van der Waals surface area contributed by atoms with E-state index >= 15 is 0 Å². The maximum Gasteiger partial charge on any atom is 0.251 e. The smallest absolute Gasteiger partial charge is 0.251 e. The van der Waals surface area contributed by atoms with Gasteiger partial charge in [-0.05, 0) is 24.3 Å². The van der Waals surface area contributed by atoms with E-state index in [4.69, 9.17) is 5.11 Å². The molecule has 0 atom stereocenters. The van der Waals surface area contributed by atoms with Crippen LogP contribution < -0.4 is 5.32 Å². The molecule has 5 nitrogen and oxygen atoms in total. The highest BCUT2D eigenvalue weighted by Gasteiger charge is 2.07. The zero-order valence-electron chi connectivity index (χ0n) is 12.3. The summed E-state index contributed by atoms with van der Waals surface area (Å²) in [6.07, 6.45) is 0.714. The second-order valence-corrected chi connectivity index (χ2v) is 4.65. The topological polar surface area (TPSA) is 69.6 Å². The Labute approximate surface area is 125 Å². The van der Waals surface area contributed by atoms with Gasteiger partial charge in [-0.3, -0.25) is 9.59 Å². The lowest BCUT2D eigenvalue weighted by Gasteiger charge is -2.10. The van der Waals surface area contributed by atoms with E-state index < -0.39 is 0 Å². The number of carbonyl (C=O) groups is 2. The number of benzene rings is 1. The average molecular weight is 288 g/mol. The first-order valence-electron chi connectivity index (χ1n) is 6.72. The number of amides is 2. The molecule has 0 saturated carbocycles. The van der Waals surface area contributed by atoms with Crippen molar-refractivity contribution >= 4 is 11.8 Å². The number of aliphatic hydroxyl groups excluding tert-OH is 1. The maximum atomic E-state index is 11.9. The van der Waals surface area contributed by atoms with Crippen LogP contribution in [0.4, 0.5) is 0 Å². The molecule has 2 amide bonds. The van der Waals surface area contributed by atoms with Gasteiger partial charge in [-0.15, -0.1) is 0 Å². The molecule has 0 saturated heterocycles. The summed E-state index contributed by atoms with van der Waals surface area (Å²) in [6, 6.07) is 6.88. The molecule has 2 N–H and O–H groups in total. The van der Waals surface area contributed by atoms with Crippen molar-refractivity contribution in [2.45, 2.75) is 12.8 Å². The standard InChI is InChI=1S/C16H20N2O3/c1-18(2)15(20)10-11-17-16(21)14-8-6-13(7-9-14)5-3-4-12-19/h6-9,19H,4,10-12H2,1-2H3,(H,17,21). The molecule has 0 heterocycles. The van der Waals surface area contributed by atoms with Crippen LogP contribution in [0.5, 0.6) is 0 Å². The second-order valence-electron chi connectivity index (χ2n) is 4.65. The summed E-state index contributed by atoms with van der Waals surface area (Å²) >= 11 is 0. The lowest BCUT2D eigenvalue weighted by Crippen LogP contribution is -2.30. The molecule has 0 aliphatic carbocycles. The Kier molecular flexibility index (Phi) is 6.99. The molecule has 0 fully saturated rings. The molecule has 0 aromatic heterocycles. The first kappa shape index (κ1) is 16.7. The van der Waals surface area contributed by atoms with Gasteiger partial charge in [-0.25, -0.2) is 0 Å². The summed E-state index contributed by atoms with van der Waals surface area (Å²) in [6.45, 7) is 0.354. The molecule has 1 aromatic rings. The van der Waals surface area contributed by atoms with Crippen LogP contribution in [0.1, 0.15) is 28.8 Å². The fourth-order valence-corrected chi connectivity index (χ4v) is 1.53. The van der Waals surface area contributed by atoms with E-state index in [1.807, 2.05) is 0 Å². The van der Waals surface area contributed by atoms with Crippen molar-refractivity contribution in [2.24, 2.45) is 0 Å². The van der Waals surface area contributed by atoms with Crippen LogP contribution in [0.2, 0.25) is 0 Å². The van der Waals surface area contributed by atoms with Crippen molar-refractivity contribution < 1.29 is 14.7 Å². The van der Waals surface area contributed by atoms with Gasteiger partial charge in [-0.2, -0.15) is 0 Å². The van der Waals surface area contributed by atoms with Crippen LogP contribution in [0.25, 0.3) is 0 Å². The van der Waals surface area contributed by atoms with E-state index in [1.54, 1.807) is 38.4 Å². The monoisotopic (exact) mass is 288 g/mol. The molecule has 0 bridgehead atoms.